The molecule has 3 heteroatoms. The van der Waals surface area contributed by atoms with Gasteiger partial charge in [0.25, 0.3) is 0 Å². The molecule has 5 aromatic carbocycles. The zero-order chi connectivity index (χ0) is 29.1. The van der Waals surface area contributed by atoms with E-state index in [1.165, 1.54) is 22.3 Å². The second-order valence-electron chi connectivity index (χ2n) is 11.9. The number of aliphatic hydroxyl groups excluding tert-OH is 1. The highest BCUT2D eigenvalue weighted by molar-refractivity contribution is 5.73. The molecule has 3 nitrogen and oxygen atoms in total. The van der Waals surface area contributed by atoms with Crippen LogP contribution in [0.1, 0.15) is 58.1 Å². The summed E-state index contributed by atoms with van der Waals surface area (Å²) in [5, 5.41) is 33.1. The number of benzene rings is 5. The van der Waals surface area contributed by atoms with E-state index in [1.807, 2.05) is 48.5 Å². The van der Waals surface area contributed by atoms with Crippen LogP contribution >= 0.6 is 0 Å². The van der Waals surface area contributed by atoms with E-state index in [-0.39, 0.29) is 23.5 Å². The van der Waals surface area contributed by atoms with E-state index < -0.39 is 6.10 Å². The number of aromatic hydroxyl groups is 2. The smallest absolute Gasteiger partial charge is 0.126 e. The summed E-state index contributed by atoms with van der Waals surface area (Å²) < 4.78 is 0. The van der Waals surface area contributed by atoms with E-state index in [0.29, 0.717) is 12.2 Å². The van der Waals surface area contributed by atoms with E-state index in [0.717, 1.165) is 41.5 Å². The molecule has 1 aliphatic rings. The predicted molar refractivity (Wildman–Crippen MR) is 170 cm³/mol. The van der Waals surface area contributed by atoms with Crippen molar-refractivity contribution >= 4 is 0 Å². The Morgan fingerprint density at radius 3 is 2.00 bits per heavy atom. The van der Waals surface area contributed by atoms with Crippen LogP contribution in [0, 0.1) is 12.8 Å². The molecule has 1 aliphatic carbocycles. The minimum absolute atomic E-state index is 0.0231. The first kappa shape index (κ1) is 27.8. The first-order valence-electron chi connectivity index (χ1n) is 14.9. The van der Waals surface area contributed by atoms with Crippen molar-refractivity contribution in [1.82, 2.24) is 0 Å². The van der Waals surface area contributed by atoms with Crippen LogP contribution in [0.5, 0.6) is 11.5 Å². The zero-order valence-corrected chi connectivity index (χ0v) is 24.0. The van der Waals surface area contributed by atoms with Crippen LogP contribution in [0.4, 0.5) is 0 Å². The fourth-order valence-electron chi connectivity index (χ4n) is 6.67. The van der Waals surface area contributed by atoms with Crippen molar-refractivity contribution in [2.75, 3.05) is 0 Å². The lowest BCUT2D eigenvalue weighted by Crippen LogP contribution is -2.36. The molecule has 1 saturated carbocycles. The number of aliphatic hydroxyl groups is 1. The second-order valence-corrected chi connectivity index (χ2v) is 11.9. The van der Waals surface area contributed by atoms with Crippen LogP contribution < -0.4 is 0 Å². The summed E-state index contributed by atoms with van der Waals surface area (Å²) in [4.78, 5) is 0. The molecular formula is C39H38O3. The highest BCUT2D eigenvalue weighted by Crippen LogP contribution is 2.47. The predicted octanol–water partition coefficient (Wildman–Crippen LogP) is 8.55. The van der Waals surface area contributed by atoms with Crippen LogP contribution in [-0.2, 0) is 12.8 Å². The van der Waals surface area contributed by atoms with E-state index in [1.54, 1.807) is 12.1 Å². The fourth-order valence-corrected chi connectivity index (χ4v) is 6.67. The molecule has 0 spiro atoms. The van der Waals surface area contributed by atoms with Crippen LogP contribution in [0.2, 0.25) is 0 Å². The van der Waals surface area contributed by atoms with E-state index in [9.17, 15) is 15.3 Å². The Kier molecular flexibility index (Phi) is 8.12. The lowest BCUT2D eigenvalue weighted by Gasteiger charge is -2.40. The Morgan fingerprint density at radius 1 is 0.667 bits per heavy atom. The summed E-state index contributed by atoms with van der Waals surface area (Å²) in [7, 11) is 0. The molecule has 0 aromatic heterocycles. The number of phenols is 2. The minimum atomic E-state index is -0.438. The Bertz CT molecular complexity index is 1610. The number of hydrogen-bond donors (Lipinski definition) is 3. The number of aryl methyl sites for hydroxylation is 1. The number of hydrogen-bond acceptors (Lipinski definition) is 3. The maximum absolute atomic E-state index is 11.8. The van der Waals surface area contributed by atoms with Gasteiger partial charge >= 0.3 is 0 Å². The van der Waals surface area contributed by atoms with Crippen LogP contribution in [0.15, 0.2) is 121 Å². The molecule has 0 bridgehead atoms. The van der Waals surface area contributed by atoms with Crippen molar-refractivity contribution in [3.8, 4) is 22.6 Å². The molecule has 42 heavy (non-hydrogen) atoms. The summed E-state index contributed by atoms with van der Waals surface area (Å²) in [6.45, 7) is 2.10. The maximum Gasteiger partial charge on any atom is 0.126 e. The topological polar surface area (TPSA) is 60.7 Å². The summed E-state index contributed by atoms with van der Waals surface area (Å²) in [5.74, 6) is 0.871. The average molecular weight is 555 g/mol. The van der Waals surface area contributed by atoms with Gasteiger partial charge in [-0.1, -0.05) is 109 Å². The number of rotatable bonds is 7. The standard InChI is InChI=1S/C39H38O3/c1-26-12-14-27(15-13-26)20-33-22-31(24-36(38(33)41)29-8-4-2-5-9-29)32-23-34(21-28-16-18-35(40)19-17-28)39(42)37(25-32)30-10-6-3-7-11-30/h2-19,23,25,31,33,36,38,40-42H,20-22,24H2,1H3. The van der Waals surface area contributed by atoms with Gasteiger partial charge in [-0.2, -0.15) is 0 Å². The summed E-state index contributed by atoms with van der Waals surface area (Å²) in [6, 6.07) is 40.7. The average Bonchev–Trinajstić information content (AvgIpc) is 3.02. The second kappa shape index (κ2) is 12.3. The Morgan fingerprint density at radius 2 is 1.31 bits per heavy atom. The van der Waals surface area contributed by atoms with Crippen LogP contribution in [0.3, 0.4) is 0 Å². The highest BCUT2D eigenvalue weighted by Gasteiger charge is 2.38. The van der Waals surface area contributed by atoms with Gasteiger partial charge in [-0.25, -0.2) is 0 Å². The van der Waals surface area contributed by atoms with Crippen molar-refractivity contribution in [3.05, 3.63) is 155 Å². The zero-order valence-electron chi connectivity index (χ0n) is 24.0. The van der Waals surface area contributed by atoms with Crippen LogP contribution in [0.25, 0.3) is 11.1 Å². The highest BCUT2D eigenvalue weighted by atomic mass is 16.3. The molecule has 3 N–H and O–H groups in total. The Balaban J connectivity index is 1.41. The summed E-state index contributed by atoms with van der Waals surface area (Å²) in [5.41, 5.74) is 8.57. The van der Waals surface area contributed by atoms with Gasteiger partial charge < -0.3 is 15.3 Å². The minimum Gasteiger partial charge on any atom is -0.508 e. The van der Waals surface area contributed by atoms with Gasteiger partial charge in [-0.3, -0.25) is 0 Å². The third-order valence-corrected chi connectivity index (χ3v) is 8.97. The third kappa shape index (κ3) is 6.12. The van der Waals surface area contributed by atoms with Gasteiger partial charge in [0.2, 0.25) is 0 Å². The Hall–Kier alpha value is -4.34. The molecule has 1 fully saturated rings. The van der Waals surface area contributed by atoms with Gasteiger partial charge in [0.15, 0.2) is 0 Å². The van der Waals surface area contributed by atoms with E-state index in [2.05, 4.69) is 67.6 Å². The van der Waals surface area contributed by atoms with Crippen molar-refractivity contribution in [3.63, 3.8) is 0 Å². The van der Waals surface area contributed by atoms with Gasteiger partial charge in [0.1, 0.15) is 11.5 Å². The molecule has 0 radical (unpaired) electrons. The quantitative estimate of drug-likeness (QED) is 0.189. The fraction of sp³-hybridized carbons (Fsp3) is 0.231. The van der Waals surface area contributed by atoms with Gasteiger partial charge in [0.05, 0.1) is 6.10 Å². The van der Waals surface area contributed by atoms with Crippen LogP contribution in [-0.4, -0.2) is 21.4 Å². The van der Waals surface area contributed by atoms with Crippen molar-refractivity contribution in [2.24, 2.45) is 5.92 Å². The lowest BCUT2D eigenvalue weighted by atomic mass is 9.67. The summed E-state index contributed by atoms with van der Waals surface area (Å²) >= 11 is 0. The monoisotopic (exact) mass is 554 g/mol. The molecule has 6 rings (SSSR count). The molecule has 0 aliphatic heterocycles. The lowest BCUT2D eigenvalue weighted by molar-refractivity contribution is 0.0409. The first-order valence-corrected chi connectivity index (χ1v) is 14.9. The molecule has 212 valence electrons. The largest absolute Gasteiger partial charge is 0.508 e. The maximum atomic E-state index is 11.8. The molecular weight excluding hydrogens is 516 g/mol. The van der Waals surface area contributed by atoms with Gasteiger partial charge in [-0.15, -0.1) is 0 Å². The number of phenolic OH excluding ortho intramolecular Hbond substituents is 2. The molecule has 0 amide bonds. The first-order chi connectivity index (χ1) is 20.4. The van der Waals surface area contributed by atoms with E-state index >= 15 is 0 Å². The molecule has 0 saturated heterocycles. The van der Waals surface area contributed by atoms with Crippen molar-refractivity contribution in [2.45, 2.75) is 50.5 Å². The van der Waals surface area contributed by atoms with Gasteiger partial charge in [-0.05, 0) is 89.6 Å². The van der Waals surface area contributed by atoms with Crippen molar-refractivity contribution in [1.29, 1.82) is 0 Å². The third-order valence-electron chi connectivity index (χ3n) is 8.97. The summed E-state index contributed by atoms with van der Waals surface area (Å²) in [6.07, 6.45) is 2.66. The molecule has 5 aromatic rings. The van der Waals surface area contributed by atoms with Gasteiger partial charge in [0, 0.05) is 17.9 Å². The Labute approximate surface area is 248 Å². The van der Waals surface area contributed by atoms with E-state index in [4.69, 9.17) is 0 Å². The SMILES string of the molecule is Cc1ccc(CC2CC(c3cc(Cc4ccc(O)cc4)c(O)c(-c4ccccc4)c3)CC(c3ccccc3)C2O)cc1. The molecule has 0 heterocycles. The molecule has 4 unspecified atom stereocenters. The normalized spacial score (nSPS) is 20.3. The van der Waals surface area contributed by atoms with Crippen molar-refractivity contribution < 1.29 is 15.3 Å². The molecule has 4 atom stereocenters.